The van der Waals surface area contributed by atoms with Crippen molar-refractivity contribution >= 4 is 29.0 Å². The van der Waals surface area contributed by atoms with E-state index < -0.39 is 6.10 Å². The van der Waals surface area contributed by atoms with Crippen LogP contribution in [0.25, 0.3) is 0 Å². The van der Waals surface area contributed by atoms with Crippen molar-refractivity contribution in [1.29, 1.82) is 0 Å². The number of pyridine rings is 1. The molecule has 2 rings (SSSR count). The molecule has 0 aliphatic carbocycles. The third-order valence-corrected chi connectivity index (χ3v) is 3.18. The van der Waals surface area contributed by atoms with Crippen molar-refractivity contribution < 1.29 is 5.11 Å². The van der Waals surface area contributed by atoms with Gasteiger partial charge in [0.25, 0.3) is 0 Å². The summed E-state index contributed by atoms with van der Waals surface area (Å²) in [6.45, 7) is 1.87. The maximum absolute atomic E-state index is 10.3. The largest absolute Gasteiger partial charge is 0.384 e. The number of aryl methyl sites for hydroxylation is 1. The summed E-state index contributed by atoms with van der Waals surface area (Å²) >= 11 is 11.7. The van der Waals surface area contributed by atoms with E-state index in [4.69, 9.17) is 28.9 Å². The predicted octanol–water partition coefficient (Wildman–Crippen LogP) is 3.36. The van der Waals surface area contributed by atoms with E-state index in [-0.39, 0.29) is 5.82 Å². The molecule has 1 aromatic carbocycles. The highest BCUT2D eigenvalue weighted by molar-refractivity contribution is 6.30. The van der Waals surface area contributed by atoms with E-state index in [1.165, 1.54) is 6.20 Å². The van der Waals surface area contributed by atoms with Crippen LogP contribution in [0.2, 0.25) is 10.0 Å². The minimum absolute atomic E-state index is 0.265. The van der Waals surface area contributed by atoms with Crippen LogP contribution in [0.3, 0.4) is 0 Å². The number of nitrogens with zero attached hydrogens (tertiary/aromatic N) is 1. The van der Waals surface area contributed by atoms with Crippen LogP contribution in [0.5, 0.6) is 0 Å². The minimum atomic E-state index is -0.867. The van der Waals surface area contributed by atoms with E-state index in [9.17, 15) is 5.11 Å². The highest BCUT2D eigenvalue weighted by Crippen LogP contribution is 2.30. The number of nitrogens with two attached hydrogens (primary N) is 1. The molecule has 0 spiro atoms. The second-order valence-electron chi connectivity index (χ2n) is 4.03. The van der Waals surface area contributed by atoms with E-state index in [1.54, 1.807) is 24.3 Å². The molecular formula is C13H12Cl2N2O. The van der Waals surface area contributed by atoms with Crippen molar-refractivity contribution in [2.75, 3.05) is 5.73 Å². The standard InChI is InChI=1S/C13H12Cl2N2O/c1-7-4-8(14)2-3-10(7)12(18)11-5-9(15)6-17-13(11)16/h2-6,12,18H,1H3,(H2,16,17). The van der Waals surface area contributed by atoms with Crippen LogP contribution >= 0.6 is 23.2 Å². The number of aliphatic hydroxyl groups is 1. The molecule has 0 amide bonds. The summed E-state index contributed by atoms with van der Waals surface area (Å²) in [7, 11) is 0. The molecule has 0 aliphatic heterocycles. The molecule has 0 fully saturated rings. The first-order valence-electron chi connectivity index (χ1n) is 5.34. The van der Waals surface area contributed by atoms with Gasteiger partial charge in [0.05, 0.1) is 5.02 Å². The number of halogens is 2. The SMILES string of the molecule is Cc1cc(Cl)ccc1C(O)c1cc(Cl)cnc1N. The molecule has 0 radical (unpaired) electrons. The number of nitrogen functional groups attached to an aromatic ring is 1. The van der Waals surface area contributed by atoms with Crippen LogP contribution < -0.4 is 5.73 Å². The van der Waals surface area contributed by atoms with Crippen LogP contribution in [-0.2, 0) is 0 Å². The molecule has 0 bridgehead atoms. The normalized spacial score (nSPS) is 12.4. The lowest BCUT2D eigenvalue weighted by molar-refractivity contribution is 0.220. The Labute approximate surface area is 115 Å². The van der Waals surface area contributed by atoms with Gasteiger partial charge in [-0.15, -0.1) is 0 Å². The molecule has 1 aromatic heterocycles. The maximum atomic E-state index is 10.3. The third-order valence-electron chi connectivity index (χ3n) is 2.74. The topological polar surface area (TPSA) is 59.1 Å². The van der Waals surface area contributed by atoms with Crippen molar-refractivity contribution in [1.82, 2.24) is 4.98 Å². The van der Waals surface area contributed by atoms with Gasteiger partial charge in [-0.25, -0.2) is 4.98 Å². The minimum Gasteiger partial charge on any atom is -0.384 e. The van der Waals surface area contributed by atoms with E-state index in [0.29, 0.717) is 15.6 Å². The van der Waals surface area contributed by atoms with Gasteiger partial charge in [-0.1, -0.05) is 29.3 Å². The molecule has 1 heterocycles. The lowest BCUT2D eigenvalue weighted by Crippen LogP contribution is -2.06. The van der Waals surface area contributed by atoms with Crippen molar-refractivity contribution in [2.24, 2.45) is 0 Å². The first-order valence-corrected chi connectivity index (χ1v) is 6.09. The van der Waals surface area contributed by atoms with E-state index in [2.05, 4.69) is 4.98 Å². The molecule has 1 unspecified atom stereocenters. The van der Waals surface area contributed by atoms with Gasteiger partial charge < -0.3 is 10.8 Å². The fourth-order valence-corrected chi connectivity index (χ4v) is 2.19. The first kappa shape index (κ1) is 13.1. The van der Waals surface area contributed by atoms with E-state index in [1.807, 2.05) is 6.92 Å². The van der Waals surface area contributed by atoms with Gasteiger partial charge in [0.1, 0.15) is 11.9 Å². The Hall–Kier alpha value is -1.29. The van der Waals surface area contributed by atoms with Gasteiger partial charge >= 0.3 is 0 Å². The molecule has 5 heteroatoms. The Kier molecular flexibility index (Phi) is 3.76. The van der Waals surface area contributed by atoms with E-state index in [0.717, 1.165) is 11.1 Å². The van der Waals surface area contributed by atoms with Gasteiger partial charge in [-0.3, -0.25) is 0 Å². The van der Waals surface area contributed by atoms with Crippen LogP contribution in [0.1, 0.15) is 22.8 Å². The van der Waals surface area contributed by atoms with Crippen LogP contribution in [0.15, 0.2) is 30.5 Å². The molecule has 3 nitrogen and oxygen atoms in total. The smallest absolute Gasteiger partial charge is 0.129 e. The van der Waals surface area contributed by atoms with Crippen molar-refractivity contribution in [3.8, 4) is 0 Å². The zero-order chi connectivity index (χ0) is 13.3. The molecule has 1 atom stereocenters. The second-order valence-corrected chi connectivity index (χ2v) is 4.90. The summed E-state index contributed by atoms with van der Waals surface area (Å²) in [5.74, 6) is 0.265. The maximum Gasteiger partial charge on any atom is 0.129 e. The fraction of sp³-hybridized carbons (Fsp3) is 0.154. The fourth-order valence-electron chi connectivity index (χ4n) is 1.80. The second kappa shape index (κ2) is 5.14. The summed E-state index contributed by atoms with van der Waals surface area (Å²) in [6.07, 6.45) is 0.579. The number of aromatic nitrogens is 1. The molecule has 18 heavy (non-hydrogen) atoms. The predicted molar refractivity (Wildman–Crippen MR) is 73.9 cm³/mol. The molecule has 0 saturated heterocycles. The number of aliphatic hydroxyl groups excluding tert-OH is 1. The van der Waals surface area contributed by atoms with Gasteiger partial charge in [0, 0.05) is 16.8 Å². The monoisotopic (exact) mass is 282 g/mol. The molecule has 0 saturated carbocycles. The zero-order valence-corrected chi connectivity index (χ0v) is 11.2. The van der Waals surface area contributed by atoms with Gasteiger partial charge in [0.15, 0.2) is 0 Å². The van der Waals surface area contributed by atoms with Crippen molar-refractivity contribution in [3.05, 3.63) is 57.2 Å². The van der Waals surface area contributed by atoms with Crippen molar-refractivity contribution in [2.45, 2.75) is 13.0 Å². The summed E-state index contributed by atoms with van der Waals surface area (Å²) in [6, 6.07) is 6.89. The van der Waals surface area contributed by atoms with Crippen LogP contribution in [0, 0.1) is 6.92 Å². The molecule has 0 aliphatic rings. The number of benzene rings is 1. The lowest BCUT2D eigenvalue weighted by Gasteiger charge is -2.16. The number of hydrogen-bond acceptors (Lipinski definition) is 3. The quantitative estimate of drug-likeness (QED) is 0.888. The molecule has 2 aromatic rings. The molecule has 94 valence electrons. The number of anilines is 1. The Morgan fingerprint density at radius 2 is 1.89 bits per heavy atom. The summed E-state index contributed by atoms with van der Waals surface area (Å²) in [5.41, 5.74) is 7.86. The highest BCUT2D eigenvalue weighted by atomic mass is 35.5. The van der Waals surface area contributed by atoms with Crippen molar-refractivity contribution in [3.63, 3.8) is 0 Å². The summed E-state index contributed by atoms with van der Waals surface area (Å²) in [4.78, 5) is 3.93. The first-order chi connectivity index (χ1) is 8.49. The molecular weight excluding hydrogens is 271 g/mol. The zero-order valence-electron chi connectivity index (χ0n) is 9.69. The Morgan fingerprint density at radius 1 is 1.17 bits per heavy atom. The number of rotatable bonds is 2. The Bertz CT molecular complexity index is 587. The molecule has 3 N–H and O–H groups in total. The van der Waals surface area contributed by atoms with Gasteiger partial charge in [-0.05, 0) is 36.2 Å². The van der Waals surface area contributed by atoms with Crippen LogP contribution in [-0.4, -0.2) is 10.1 Å². The van der Waals surface area contributed by atoms with Crippen LogP contribution in [0.4, 0.5) is 5.82 Å². The Morgan fingerprint density at radius 3 is 2.56 bits per heavy atom. The number of hydrogen-bond donors (Lipinski definition) is 2. The van der Waals surface area contributed by atoms with Gasteiger partial charge in [-0.2, -0.15) is 0 Å². The lowest BCUT2D eigenvalue weighted by atomic mass is 9.98. The third kappa shape index (κ3) is 2.58. The summed E-state index contributed by atoms with van der Waals surface area (Å²) < 4.78 is 0. The average Bonchev–Trinajstić information content (AvgIpc) is 2.31. The Balaban J connectivity index is 2.47. The average molecular weight is 283 g/mol. The van der Waals surface area contributed by atoms with Gasteiger partial charge in [0.2, 0.25) is 0 Å². The van der Waals surface area contributed by atoms with E-state index >= 15 is 0 Å². The highest BCUT2D eigenvalue weighted by Gasteiger charge is 2.17. The summed E-state index contributed by atoms with van der Waals surface area (Å²) in [5, 5.41) is 11.4.